The van der Waals surface area contributed by atoms with E-state index in [0.29, 0.717) is 0 Å². The standard InChI is InChI=1S/C15H22.C5H8/c1-10(2)13-8-6-12(4)14-7-5-11(3)9-15(13)14;1-4-5(2)3/h5,12H,6-9H2,1-4H3;4H,1-2H2,3H3. The first-order chi connectivity index (χ1) is 9.36. The second-order valence-electron chi connectivity index (χ2n) is 6.40. The molecule has 2 rings (SSSR count). The van der Waals surface area contributed by atoms with E-state index >= 15 is 0 Å². The largest absolute Gasteiger partial charge is 0.0988 e. The SMILES string of the molecule is C=CC(=C)C.CC1=CCC2=C(C1)C(=C(C)C)CCC2C. The van der Waals surface area contributed by atoms with Crippen molar-refractivity contribution >= 4 is 0 Å². The molecule has 0 saturated carbocycles. The van der Waals surface area contributed by atoms with Gasteiger partial charge in [-0.2, -0.15) is 0 Å². The molecule has 0 radical (unpaired) electrons. The summed E-state index contributed by atoms with van der Waals surface area (Å²) in [7, 11) is 0. The molecule has 1 unspecified atom stereocenters. The second-order valence-corrected chi connectivity index (χ2v) is 6.40. The summed E-state index contributed by atoms with van der Waals surface area (Å²) in [5.41, 5.74) is 9.18. The third-order valence-electron chi connectivity index (χ3n) is 4.25. The van der Waals surface area contributed by atoms with Crippen LogP contribution in [0.15, 0.2) is 58.7 Å². The number of hydrogen-bond donors (Lipinski definition) is 0. The van der Waals surface area contributed by atoms with E-state index in [1.807, 2.05) is 6.92 Å². The average Bonchev–Trinajstić information content (AvgIpc) is 2.39. The predicted molar refractivity (Wildman–Crippen MR) is 91.8 cm³/mol. The molecule has 0 aromatic carbocycles. The molecule has 0 aromatic heterocycles. The van der Waals surface area contributed by atoms with E-state index in [0.717, 1.165) is 11.5 Å². The molecule has 0 N–H and O–H groups in total. The molecule has 110 valence electrons. The molecular weight excluding hydrogens is 240 g/mol. The van der Waals surface area contributed by atoms with Crippen LogP contribution in [0.5, 0.6) is 0 Å². The zero-order valence-corrected chi connectivity index (χ0v) is 14.0. The maximum Gasteiger partial charge on any atom is -0.00673 e. The fourth-order valence-electron chi connectivity index (χ4n) is 2.91. The third-order valence-corrected chi connectivity index (χ3v) is 4.25. The van der Waals surface area contributed by atoms with Gasteiger partial charge < -0.3 is 0 Å². The van der Waals surface area contributed by atoms with Crippen LogP contribution in [0.1, 0.15) is 60.3 Å². The van der Waals surface area contributed by atoms with Gasteiger partial charge in [0.2, 0.25) is 0 Å². The average molecular weight is 270 g/mol. The topological polar surface area (TPSA) is 0 Å². The van der Waals surface area contributed by atoms with Crippen molar-refractivity contribution in [2.75, 3.05) is 0 Å². The molecule has 0 heteroatoms. The van der Waals surface area contributed by atoms with Crippen molar-refractivity contribution in [2.24, 2.45) is 5.92 Å². The van der Waals surface area contributed by atoms with Crippen molar-refractivity contribution in [3.8, 4) is 0 Å². The Balaban J connectivity index is 0.000000347. The fraction of sp³-hybridized carbons (Fsp3) is 0.500. The van der Waals surface area contributed by atoms with Gasteiger partial charge in [-0.25, -0.2) is 0 Å². The minimum absolute atomic E-state index is 0.812. The van der Waals surface area contributed by atoms with E-state index in [2.05, 4.69) is 46.9 Å². The van der Waals surface area contributed by atoms with E-state index < -0.39 is 0 Å². The van der Waals surface area contributed by atoms with Gasteiger partial charge in [0.1, 0.15) is 0 Å². The fourth-order valence-corrected chi connectivity index (χ4v) is 2.91. The van der Waals surface area contributed by atoms with Crippen LogP contribution in [0.4, 0.5) is 0 Å². The minimum Gasteiger partial charge on any atom is -0.0988 e. The lowest BCUT2D eigenvalue weighted by atomic mass is 9.74. The lowest BCUT2D eigenvalue weighted by Crippen LogP contribution is -2.15. The smallest absolute Gasteiger partial charge is 0.00673 e. The molecule has 0 saturated heterocycles. The molecule has 0 fully saturated rings. The Kier molecular flexibility index (Phi) is 6.26. The Hall–Kier alpha value is -1.30. The summed E-state index contributed by atoms with van der Waals surface area (Å²) in [5, 5.41) is 0. The molecule has 0 aromatic rings. The van der Waals surface area contributed by atoms with Crippen LogP contribution in [-0.2, 0) is 0 Å². The van der Waals surface area contributed by atoms with Crippen molar-refractivity contribution in [2.45, 2.75) is 60.3 Å². The Bertz CT molecular complexity index is 476. The summed E-state index contributed by atoms with van der Waals surface area (Å²) >= 11 is 0. The van der Waals surface area contributed by atoms with Gasteiger partial charge in [-0.3, -0.25) is 0 Å². The first kappa shape index (κ1) is 16.8. The van der Waals surface area contributed by atoms with Crippen LogP contribution in [0.2, 0.25) is 0 Å². The highest BCUT2D eigenvalue weighted by molar-refractivity contribution is 5.46. The van der Waals surface area contributed by atoms with Crippen molar-refractivity contribution in [3.05, 3.63) is 58.7 Å². The molecule has 0 nitrogen and oxygen atoms in total. The van der Waals surface area contributed by atoms with Crippen LogP contribution in [-0.4, -0.2) is 0 Å². The molecule has 0 spiro atoms. The van der Waals surface area contributed by atoms with Crippen LogP contribution < -0.4 is 0 Å². The Morgan fingerprint density at radius 1 is 1.30 bits per heavy atom. The molecule has 0 heterocycles. The van der Waals surface area contributed by atoms with Gasteiger partial charge in [-0.05, 0) is 70.4 Å². The molecule has 1 atom stereocenters. The van der Waals surface area contributed by atoms with Gasteiger partial charge in [0, 0.05) is 0 Å². The highest BCUT2D eigenvalue weighted by atomic mass is 14.3. The van der Waals surface area contributed by atoms with Crippen molar-refractivity contribution in [1.82, 2.24) is 0 Å². The highest BCUT2D eigenvalue weighted by Gasteiger charge is 2.25. The third kappa shape index (κ3) is 4.37. The number of allylic oxidation sites excluding steroid dienone is 8. The van der Waals surface area contributed by atoms with Crippen molar-refractivity contribution in [3.63, 3.8) is 0 Å². The molecule has 2 aliphatic rings. The molecule has 0 aliphatic heterocycles. The summed E-state index contributed by atoms with van der Waals surface area (Å²) < 4.78 is 0. The summed E-state index contributed by atoms with van der Waals surface area (Å²) in [6, 6.07) is 0. The zero-order chi connectivity index (χ0) is 15.3. The van der Waals surface area contributed by atoms with Gasteiger partial charge in [-0.15, -0.1) is 0 Å². The van der Waals surface area contributed by atoms with Gasteiger partial charge in [0.25, 0.3) is 0 Å². The number of rotatable bonds is 1. The summed E-state index contributed by atoms with van der Waals surface area (Å²) in [5.74, 6) is 0.812. The Labute approximate surface area is 125 Å². The van der Waals surface area contributed by atoms with Crippen LogP contribution in [0.25, 0.3) is 0 Å². The number of hydrogen-bond acceptors (Lipinski definition) is 0. The maximum absolute atomic E-state index is 3.56. The van der Waals surface area contributed by atoms with E-state index in [4.69, 9.17) is 0 Å². The van der Waals surface area contributed by atoms with Gasteiger partial charge in [0.05, 0.1) is 0 Å². The quantitative estimate of drug-likeness (QED) is 0.375. The first-order valence-electron chi connectivity index (χ1n) is 7.69. The van der Waals surface area contributed by atoms with E-state index in [9.17, 15) is 0 Å². The monoisotopic (exact) mass is 270 g/mol. The van der Waals surface area contributed by atoms with Crippen LogP contribution in [0.3, 0.4) is 0 Å². The maximum atomic E-state index is 3.56. The van der Waals surface area contributed by atoms with E-state index in [1.54, 1.807) is 28.4 Å². The van der Waals surface area contributed by atoms with Gasteiger partial charge >= 0.3 is 0 Å². The predicted octanol–water partition coefficient (Wildman–Crippen LogP) is 6.54. The molecular formula is C20H30. The van der Waals surface area contributed by atoms with Crippen LogP contribution in [0, 0.1) is 5.92 Å². The first-order valence-corrected chi connectivity index (χ1v) is 7.69. The zero-order valence-electron chi connectivity index (χ0n) is 14.0. The summed E-state index contributed by atoms with van der Waals surface area (Å²) in [4.78, 5) is 0. The van der Waals surface area contributed by atoms with Crippen LogP contribution >= 0.6 is 0 Å². The Morgan fingerprint density at radius 2 is 1.90 bits per heavy atom. The molecule has 20 heavy (non-hydrogen) atoms. The minimum atomic E-state index is 0.812. The normalized spacial score (nSPS) is 21.4. The highest BCUT2D eigenvalue weighted by Crippen LogP contribution is 2.42. The summed E-state index contributed by atoms with van der Waals surface area (Å²) in [6.07, 6.45) is 9.21. The molecule has 0 bridgehead atoms. The molecule has 0 amide bonds. The summed E-state index contributed by atoms with van der Waals surface area (Å²) in [6.45, 7) is 18.1. The van der Waals surface area contributed by atoms with Gasteiger partial charge in [0.15, 0.2) is 0 Å². The second kappa shape index (κ2) is 7.47. The van der Waals surface area contributed by atoms with Crippen molar-refractivity contribution < 1.29 is 0 Å². The lowest BCUT2D eigenvalue weighted by molar-refractivity contribution is 0.560. The van der Waals surface area contributed by atoms with E-state index in [1.165, 1.54) is 31.3 Å². The van der Waals surface area contributed by atoms with Crippen molar-refractivity contribution in [1.29, 1.82) is 0 Å². The lowest BCUT2D eigenvalue weighted by Gasteiger charge is -2.32. The van der Waals surface area contributed by atoms with E-state index in [-0.39, 0.29) is 0 Å². The molecule has 2 aliphatic carbocycles. The Morgan fingerprint density at radius 3 is 2.40 bits per heavy atom. The van der Waals surface area contributed by atoms with Gasteiger partial charge in [-0.1, -0.05) is 54.5 Å².